The van der Waals surface area contributed by atoms with Gasteiger partial charge in [-0.2, -0.15) is 0 Å². The molecule has 2 atom stereocenters. The maximum atomic E-state index is 13.7. The van der Waals surface area contributed by atoms with E-state index in [1.165, 1.54) is 0 Å². The standard InChI is InChI=1S/C22H27Cl2N3O4S/c23-15-3-1-4-16(17(15)24)27(32(30)31)22(5-2-6-22)20(29)26-18-13-7-12-8-14(18)11-21(9-12,10-13)19(25)28/h1,3-4,12-14,18,32H,2,5-11H2,(H2,25,28)(H,26,29). The molecule has 0 saturated heterocycles. The number of thiol groups is 1. The summed E-state index contributed by atoms with van der Waals surface area (Å²) in [6.45, 7) is 0. The van der Waals surface area contributed by atoms with Crippen LogP contribution in [-0.2, 0) is 20.5 Å². The number of halogens is 2. The third kappa shape index (κ3) is 3.24. The van der Waals surface area contributed by atoms with Crippen LogP contribution in [0.2, 0.25) is 10.0 Å². The predicted molar refractivity (Wildman–Crippen MR) is 123 cm³/mol. The van der Waals surface area contributed by atoms with Crippen molar-refractivity contribution in [3.8, 4) is 0 Å². The van der Waals surface area contributed by atoms with E-state index in [1.54, 1.807) is 18.2 Å². The van der Waals surface area contributed by atoms with Crippen molar-refractivity contribution in [2.24, 2.45) is 28.9 Å². The number of carbonyl (C=O) groups excluding carboxylic acids is 2. The van der Waals surface area contributed by atoms with Gasteiger partial charge in [0.25, 0.3) is 0 Å². The molecule has 1 aromatic carbocycles. The minimum Gasteiger partial charge on any atom is -0.369 e. The Balaban J connectivity index is 1.43. The van der Waals surface area contributed by atoms with Crippen LogP contribution in [0, 0.1) is 23.2 Å². The van der Waals surface area contributed by atoms with Crippen LogP contribution in [0.5, 0.6) is 0 Å². The largest absolute Gasteiger partial charge is 0.369 e. The monoisotopic (exact) mass is 499 g/mol. The average Bonchev–Trinajstić information content (AvgIpc) is 2.69. The summed E-state index contributed by atoms with van der Waals surface area (Å²) in [5.74, 6) is 0.355. The van der Waals surface area contributed by atoms with E-state index >= 15 is 0 Å². The van der Waals surface area contributed by atoms with Gasteiger partial charge >= 0.3 is 0 Å². The highest BCUT2D eigenvalue weighted by atomic mass is 35.5. The van der Waals surface area contributed by atoms with Gasteiger partial charge in [-0.25, -0.2) is 8.42 Å². The highest BCUT2D eigenvalue weighted by molar-refractivity contribution is 7.74. The second-order valence-corrected chi connectivity index (χ2v) is 11.8. The highest BCUT2D eigenvalue weighted by Crippen LogP contribution is 2.60. The summed E-state index contributed by atoms with van der Waals surface area (Å²) in [5.41, 5.74) is 4.35. The van der Waals surface area contributed by atoms with Crippen molar-refractivity contribution < 1.29 is 18.0 Å². The lowest BCUT2D eigenvalue weighted by atomic mass is 9.47. The second-order valence-electron chi connectivity index (χ2n) is 10.1. The van der Waals surface area contributed by atoms with Crippen LogP contribution in [0.4, 0.5) is 5.69 Å². The van der Waals surface area contributed by atoms with Gasteiger partial charge in [-0.15, -0.1) is 0 Å². The van der Waals surface area contributed by atoms with Crippen LogP contribution in [0.25, 0.3) is 0 Å². The molecule has 5 fully saturated rings. The molecule has 3 N–H and O–H groups in total. The molecule has 2 unspecified atom stereocenters. The number of anilines is 1. The summed E-state index contributed by atoms with van der Waals surface area (Å²) >= 11 is 12.5. The highest BCUT2D eigenvalue weighted by Gasteiger charge is 2.59. The first-order chi connectivity index (χ1) is 15.2. The molecule has 7 nitrogen and oxygen atoms in total. The Morgan fingerprint density at radius 3 is 2.28 bits per heavy atom. The van der Waals surface area contributed by atoms with Crippen LogP contribution in [-0.4, -0.2) is 31.8 Å². The van der Waals surface area contributed by atoms with Gasteiger partial charge in [-0.3, -0.25) is 13.9 Å². The summed E-state index contributed by atoms with van der Waals surface area (Å²) < 4.78 is 25.9. The average molecular weight is 500 g/mol. The van der Waals surface area contributed by atoms with Gasteiger partial charge in [-0.1, -0.05) is 29.3 Å². The lowest BCUT2D eigenvalue weighted by molar-refractivity contribution is -0.148. The van der Waals surface area contributed by atoms with Gasteiger partial charge in [0.05, 0.1) is 15.7 Å². The summed E-state index contributed by atoms with van der Waals surface area (Å²) in [6.07, 6.45) is 5.79. The molecule has 174 valence electrons. The summed E-state index contributed by atoms with van der Waals surface area (Å²) in [5, 5.41) is 3.57. The van der Waals surface area contributed by atoms with Gasteiger partial charge in [0.1, 0.15) is 5.54 Å². The number of rotatable bonds is 6. The molecule has 4 bridgehead atoms. The molecule has 0 aliphatic heterocycles. The Bertz CT molecular complexity index is 1030. The van der Waals surface area contributed by atoms with Crippen molar-refractivity contribution in [2.45, 2.75) is 62.9 Å². The van der Waals surface area contributed by atoms with Gasteiger partial charge < -0.3 is 11.1 Å². The SMILES string of the molecule is NC(=O)C12CC3CC(C1)C(NC(=O)C1(N(c4cccc(Cl)c4Cl)[SH](=O)=O)CCC1)C(C3)C2. The second kappa shape index (κ2) is 7.77. The van der Waals surface area contributed by atoms with Crippen molar-refractivity contribution in [3.63, 3.8) is 0 Å². The third-order valence-electron chi connectivity index (χ3n) is 8.43. The van der Waals surface area contributed by atoms with Crippen molar-refractivity contribution >= 4 is 51.6 Å². The Hall–Kier alpha value is -1.51. The number of nitrogens with zero attached hydrogens (tertiary/aromatic N) is 1. The van der Waals surface area contributed by atoms with E-state index in [1.807, 2.05) is 0 Å². The van der Waals surface area contributed by atoms with E-state index in [0.717, 1.165) is 30.0 Å². The molecule has 0 heterocycles. The van der Waals surface area contributed by atoms with E-state index in [-0.39, 0.29) is 45.4 Å². The summed E-state index contributed by atoms with van der Waals surface area (Å²) in [7, 11) is -3.13. The lowest BCUT2D eigenvalue weighted by Crippen LogP contribution is -2.68. The Morgan fingerprint density at radius 2 is 1.75 bits per heavy atom. The summed E-state index contributed by atoms with van der Waals surface area (Å²) in [6, 6.07) is 4.72. The molecule has 0 radical (unpaired) electrons. The molecule has 5 aliphatic rings. The number of nitrogens with two attached hydrogens (primary N) is 1. The van der Waals surface area contributed by atoms with Gasteiger partial charge in [-0.05, 0) is 81.3 Å². The zero-order valence-corrected chi connectivity index (χ0v) is 20.0. The molecule has 5 saturated carbocycles. The molecule has 0 aromatic heterocycles. The van der Waals surface area contributed by atoms with Crippen molar-refractivity contribution in [2.75, 3.05) is 4.31 Å². The Labute approximate surface area is 199 Å². The van der Waals surface area contributed by atoms with E-state index < -0.39 is 21.8 Å². The minimum atomic E-state index is -3.13. The fourth-order valence-electron chi connectivity index (χ4n) is 7.03. The van der Waals surface area contributed by atoms with E-state index in [2.05, 4.69) is 5.32 Å². The van der Waals surface area contributed by atoms with Crippen molar-refractivity contribution in [1.82, 2.24) is 5.32 Å². The van der Waals surface area contributed by atoms with E-state index in [0.29, 0.717) is 31.6 Å². The number of carbonyl (C=O) groups is 2. The van der Waals surface area contributed by atoms with Crippen LogP contribution >= 0.6 is 23.2 Å². The quantitative estimate of drug-likeness (QED) is 0.522. The normalized spacial score (nSPS) is 34.2. The Kier molecular flexibility index (Phi) is 5.42. The molecule has 32 heavy (non-hydrogen) atoms. The summed E-state index contributed by atoms with van der Waals surface area (Å²) in [4.78, 5) is 25.9. The van der Waals surface area contributed by atoms with Crippen LogP contribution in [0.1, 0.15) is 51.4 Å². The molecule has 6 rings (SSSR count). The van der Waals surface area contributed by atoms with Gasteiger partial charge in [0, 0.05) is 11.5 Å². The number of benzene rings is 1. The first-order valence-electron chi connectivity index (χ1n) is 11.2. The van der Waals surface area contributed by atoms with Gasteiger partial charge in [0.2, 0.25) is 22.7 Å². The van der Waals surface area contributed by atoms with Crippen LogP contribution in [0.3, 0.4) is 0 Å². The maximum Gasteiger partial charge on any atom is 0.247 e. The molecule has 2 amide bonds. The maximum absolute atomic E-state index is 13.7. The van der Waals surface area contributed by atoms with Crippen molar-refractivity contribution in [3.05, 3.63) is 28.2 Å². The molecular weight excluding hydrogens is 473 g/mol. The number of primary amides is 1. The smallest absolute Gasteiger partial charge is 0.247 e. The van der Waals surface area contributed by atoms with Crippen LogP contribution < -0.4 is 15.4 Å². The fourth-order valence-corrected chi connectivity index (χ4v) is 8.41. The van der Waals surface area contributed by atoms with E-state index in [9.17, 15) is 18.0 Å². The minimum absolute atomic E-state index is 0.0646. The lowest BCUT2D eigenvalue weighted by Gasteiger charge is -2.59. The number of hydrogen-bond donors (Lipinski definition) is 3. The molecular formula is C22H27Cl2N3O4S. The third-order valence-corrected chi connectivity index (χ3v) is 10.2. The predicted octanol–water partition coefficient (Wildman–Crippen LogP) is 3.05. The fraction of sp³-hybridized carbons (Fsp3) is 0.636. The zero-order chi connectivity index (χ0) is 22.8. The van der Waals surface area contributed by atoms with Gasteiger partial charge in [0.15, 0.2) is 0 Å². The molecule has 10 heteroatoms. The first kappa shape index (κ1) is 22.3. The molecule has 1 aromatic rings. The Morgan fingerprint density at radius 1 is 1.09 bits per heavy atom. The first-order valence-corrected chi connectivity index (χ1v) is 13.0. The van der Waals surface area contributed by atoms with Crippen molar-refractivity contribution in [1.29, 1.82) is 0 Å². The number of amides is 2. The molecule has 0 spiro atoms. The zero-order valence-electron chi connectivity index (χ0n) is 17.6. The van der Waals surface area contributed by atoms with E-state index in [4.69, 9.17) is 28.9 Å². The molecule has 5 aliphatic carbocycles. The number of hydrogen-bond acceptors (Lipinski definition) is 4. The number of nitrogens with one attached hydrogen (secondary N) is 1. The van der Waals surface area contributed by atoms with Crippen LogP contribution in [0.15, 0.2) is 18.2 Å². The topological polar surface area (TPSA) is 110 Å².